The lowest BCUT2D eigenvalue weighted by Crippen LogP contribution is -2.46. The van der Waals surface area contributed by atoms with Crippen LogP contribution in [0.3, 0.4) is 0 Å². The molecule has 0 spiro atoms. The highest BCUT2D eigenvalue weighted by Crippen LogP contribution is 2.31. The van der Waals surface area contributed by atoms with Crippen LogP contribution in [0.25, 0.3) is 0 Å². The fourth-order valence-corrected chi connectivity index (χ4v) is 2.63. The van der Waals surface area contributed by atoms with Crippen LogP contribution in [0.15, 0.2) is 17.4 Å². The van der Waals surface area contributed by atoms with Gasteiger partial charge < -0.3 is 20.9 Å². The third-order valence-electron chi connectivity index (χ3n) is 3.23. The Kier molecular flexibility index (Phi) is 3.82. The van der Waals surface area contributed by atoms with Gasteiger partial charge in [-0.05, 0) is 25.8 Å². The Morgan fingerprint density at radius 1 is 1.63 bits per heavy atom. The lowest BCUT2D eigenvalue weighted by atomic mass is 9.95. The summed E-state index contributed by atoms with van der Waals surface area (Å²) in [5.74, 6) is 0.489. The Hall–Kier alpha value is -1.53. The van der Waals surface area contributed by atoms with Crippen LogP contribution in [0, 0.1) is 0 Å². The van der Waals surface area contributed by atoms with E-state index in [0.29, 0.717) is 22.9 Å². The van der Waals surface area contributed by atoms with Gasteiger partial charge in [0.25, 0.3) is 0 Å². The second-order valence-electron chi connectivity index (χ2n) is 5.00. The average molecular weight is 285 g/mol. The minimum absolute atomic E-state index is 0.0579. The van der Waals surface area contributed by atoms with Crippen LogP contribution in [0.1, 0.15) is 25.3 Å². The van der Waals surface area contributed by atoms with E-state index in [4.69, 9.17) is 22.5 Å². The third-order valence-corrected chi connectivity index (χ3v) is 3.60. The molecule has 2 heterocycles. The van der Waals surface area contributed by atoms with Crippen molar-refractivity contribution in [2.75, 3.05) is 18.0 Å². The maximum absolute atomic E-state index is 10.1. The molecule has 1 unspecified atom stereocenters. The fourth-order valence-electron chi connectivity index (χ4n) is 2.31. The molecule has 1 atom stereocenters. The van der Waals surface area contributed by atoms with Crippen molar-refractivity contribution >= 4 is 23.3 Å². The summed E-state index contributed by atoms with van der Waals surface area (Å²) in [5.41, 5.74) is 5.24. The molecule has 0 amide bonds. The van der Waals surface area contributed by atoms with Crippen molar-refractivity contribution < 1.29 is 10.3 Å². The Morgan fingerprint density at radius 3 is 3.00 bits per heavy atom. The number of amidine groups is 1. The number of aromatic nitrogens is 1. The predicted molar refractivity (Wildman–Crippen MR) is 73.8 cm³/mol. The zero-order chi connectivity index (χ0) is 14.0. The number of nitrogens with zero attached hydrogens (tertiary/aromatic N) is 3. The molecule has 0 bridgehead atoms. The maximum Gasteiger partial charge on any atom is 0.171 e. The number of halogens is 1. The van der Waals surface area contributed by atoms with Crippen LogP contribution >= 0.6 is 11.6 Å². The summed E-state index contributed by atoms with van der Waals surface area (Å²) in [7, 11) is 0. The van der Waals surface area contributed by atoms with Crippen molar-refractivity contribution in [3.63, 3.8) is 0 Å². The zero-order valence-corrected chi connectivity index (χ0v) is 11.4. The number of hydrogen-bond acceptors (Lipinski definition) is 5. The van der Waals surface area contributed by atoms with E-state index in [9.17, 15) is 5.11 Å². The van der Waals surface area contributed by atoms with E-state index in [2.05, 4.69) is 10.1 Å². The molecule has 4 N–H and O–H groups in total. The molecule has 0 aromatic carbocycles. The van der Waals surface area contributed by atoms with Crippen LogP contribution in [-0.2, 0) is 0 Å². The molecule has 1 aromatic heterocycles. The highest BCUT2D eigenvalue weighted by Gasteiger charge is 2.30. The van der Waals surface area contributed by atoms with E-state index in [1.807, 2.05) is 4.90 Å². The third kappa shape index (κ3) is 2.90. The first-order valence-electron chi connectivity index (χ1n) is 6.04. The summed E-state index contributed by atoms with van der Waals surface area (Å²) < 4.78 is 0. The van der Waals surface area contributed by atoms with Crippen LogP contribution in [-0.4, -0.2) is 39.8 Å². The van der Waals surface area contributed by atoms with Gasteiger partial charge in [0.2, 0.25) is 0 Å². The van der Waals surface area contributed by atoms with E-state index in [0.717, 1.165) is 19.4 Å². The van der Waals surface area contributed by atoms with E-state index in [1.165, 1.54) is 0 Å². The molecular weight excluding hydrogens is 268 g/mol. The second kappa shape index (κ2) is 5.22. The molecular formula is C12H17ClN4O2. The zero-order valence-electron chi connectivity index (χ0n) is 10.7. The summed E-state index contributed by atoms with van der Waals surface area (Å²) in [6.45, 7) is 3.02. The van der Waals surface area contributed by atoms with Crippen molar-refractivity contribution in [1.82, 2.24) is 4.98 Å². The van der Waals surface area contributed by atoms with Crippen molar-refractivity contribution in [3.8, 4) is 0 Å². The van der Waals surface area contributed by atoms with E-state index in [1.54, 1.807) is 19.2 Å². The minimum atomic E-state index is -0.754. The van der Waals surface area contributed by atoms with Crippen LogP contribution in [0.4, 0.5) is 5.82 Å². The monoisotopic (exact) mass is 284 g/mol. The largest absolute Gasteiger partial charge is 0.409 e. The number of piperidine rings is 1. The molecule has 0 radical (unpaired) electrons. The number of nitrogens with two attached hydrogens (primary N) is 1. The quantitative estimate of drug-likeness (QED) is 0.328. The van der Waals surface area contributed by atoms with Crippen LogP contribution in [0.5, 0.6) is 0 Å². The normalized spacial score (nSPS) is 24.6. The summed E-state index contributed by atoms with van der Waals surface area (Å²) in [6.07, 6.45) is 3.16. The van der Waals surface area contributed by atoms with Gasteiger partial charge in [-0.15, -0.1) is 0 Å². The summed E-state index contributed by atoms with van der Waals surface area (Å²) in [6, 6.07) is 1.59. The molecule has 2 rings (SSSR count). The van der Waals surface area contributed by atoms with E-state index in [-0.39, 0.29) is 5.84 Å². The number of hydrogen-bond donors (Lipinski definition) is 3. The van der Waals surface area contributed by atoms with Crippen LogP contribution < -0.4 is 10.6 Å². The second-order valence-corrected chi connectivity index (χ2v) is 5.38. The average Bonchev–Trinajstić information content (AvgIpc) is 2.37. The molecule has 1 aromatic rings. The Balaban J connectivity index is 2.35. The van der Waals surface area contributed by atoms with E-state index >= 15 is 0 Å². The Bertz CT molecular complexity index is 505. The van der Waals surface area contributed by atoms with Gasteiger partial charge in [0.1, 0.15) is 5.82 Å². The van der Waals surface area contributed by atoms with Gasteiger partial charge in [0.05, 0.1) is 10.6 Å². The van der Waals surface area contributed by atoms with Gasteiger partial charge in [-0.3, -0.25) is 0 Å². The van der Waals surface area contributed by atoms with Crippen molar-refractivity contribution in [2.45, 2.75) is 25.4 Å². The van der Waals surface area contributed by atoms with Gasteiger partial charge in [-0.1, -0.05) is 16.8 Å². The molecule has 0 aliphatic carbocycles. The van der Waals surface area contributed by atoms with Gasteiger partial charge in [0.15, 0.2) is 5.84 Å². The highest BCUT2D eigenvalue weighted by molar-refractivity contribution is 6.36. The number of β-amino-alcohol motifs (C(OH)–C–C–N with tert-alkyl or cyclic N) is 1. The van der Waals surface area contributed by atoms with Gasteiger partial charge in [0, 0.05) is 24.8 Å². The number of pyridine rings is 1. The molecule has 1 fully saturated rings. The summed E-state index contributed by atoms with van der Waals surface area (Å²) in [4.78, 5) is 6.15. The maximum atomic E-state index is 10.1. The number of rotatable bonds is 2. The highest BCUT2D eigenvalue weighted by atomic mass is 35.5. The lowest BCUT2D eigenvalue weighted by Gasteiger charge is -2.38. The lowest BCUT2D eigenvalue weighted by molar-refractivity contribution is 0.0447. The molecule has 1 saturated heterocycles. The number of oxime groups is 1. The molecule has 6 nitrogen and oxygen atoms in total. The Morgan fingerprint density at radius 2 is 2.37 bits per heavy atom. The molecule has 19 heavy (non-hydrogen) atoms. The van der Waals surface area contributed by atoms with Gasteiger partial charge in [-0.2, -0.15) is 0 Å². The molecule has 104 valence electrons. The topological polar surface area (TPSA) is 95.0 Å². The first-order valence-corrected chi connectivity index (χ1v) is 6.42. The van der Waals surface area contributed by atoms with Crippen molar-refractivity contribution in [2.24, 2.45) is 10.9 Å². The Labute approximate surface area is 116 Å². The molecule has 7 heteroatoms. The smallest absolute Gasteiger partial charge is 0.171 e. The van der Waals surface area contributed by atoms with E-state index < -0.39 is 5.60 Å². The number of anilines is 1. The summed E-state index contributed by atoms with van der Waals surface area (Å²) in [5, 5.41) is 22.1. The minimum Gasteiger partial charge on any atom is -0.409 e. The van der Waals surface area contributed by atoms with Crippen LogP contribution in [0.2, 0.25) is 5.02 Å². The van der Waals surface area contributed by atoms with Crippen molar-refractivity contribution in [1.29, 1.82) is 0 Å². The number of aliphatic hydroxyl groups is 1. The molecule has 1 aliphatic heterocycles. The van der Waals surface area contributed by atoms with Crippen molar-refractivity contribution in [3.05, 3.63) is 22.8 Å². The SMILES string of the molecule is CC1(O)CCCN(c2nccc(/C(N)=N/O)c2Cl)C1. The van der Waals surface area contributed by atoms with Gasteiger partial charge in [-0.25, -0.2) is 4.98 Å². The molecule has 1 aliphatic rings. The molecule has 0 saturated carbocycles. The standard InChI is InChI=1S/C12H17ClN4O2/c1-12(18)4-2-6-17(7-12)11-9(13)8(3-5-15-11)10(14)16-19/h3,5,18-19H,2,4,6-7H2,1H3,(H2,14,16). The van der Waals surface area contributed by atoms with Gasteiger partial charge >= 0.3 is 0 Å². The fraction of sp³-hybridized carbons (Fsp3) is 0.500. The first kappa shape index (κ1) is 13.9. The predicted octanol–water partition coefficient (Wildman–Crippen LogP) is 1.18. The first-order chi connectivity index (χ1) is 8.94. The summed E-state index contributed by atoms with van der Waals surface area (Å²) >= 11 is 6.25.